The van der Waals surface area contributed by atoms with Crippen molar-refractivity contribution in [3.8, 4) is 11.4 Å². The summed E-state index contributed by atoms with van der Waals surface area (Å²) in [5, 5.41) is 3.96. The monoisotopic (exact) mass is 176 g/mol. The number of aromatic nitrogens is 4. The summed E-state index contributed by atoms with van der Waals surface area (Å²) < 4.78 is 1.61. The fourth-order valence-electron chi connectivity index (χ4n) is 1.14. The molecule has 0 radical (unpaired) electrons. The van der Waals surface area contributed by atoms with Crippen molar-refractivity contribution in [2.75, 3.05) is 0 Å². The predicted molar refractivity (Wildman–Crippen MR) is 47.1 cm³/mol. The number of hydrogen-bond acceptors (Lipinski definition) is 3. The topological polar surface area (TPSA) is 63.6 Å². The van der Waals surface area contributed by atoms with E-state index < -0.39 is 0 Å². The van der Waals surface area contributed by atoms with Crippen molar-refractivity contribution in [3.63, 3.8) is 0 Å². The van der Waals surface area contributed by atoms with Crippen LogP contribution in [-0.2, 0) is 7.05 Å². The molecular formula is C8H8N4O. The zero-order chi connectivity index (χ0) is 9.26. The molecule has 0 fully saturated rings. The molecule has 0 unspecified atom stereocenters. The molecule has 0 spiro atoms. The van der Waals surface area contributed by atoms with Crippen LogP contribution >= 0.6 is 0 Å². The average Bonchev–Trinajstić information content (AvgIpc) is 2.52. The number of nitrogens with zero attached hydrogens (tertiary/aromatic N) is 3. The molecule has 0 bridgehead atoms. The van der Waals surface area contributed by atoms with E-state index in [0.717, 1.165) is 0 Å². The molecule has 0 saturated carbocycles. The van der Waals surface area contributed by atoms with Gasteiger partial charge in [-0.05, 0) is 6.07 Å². The first kappa shape index (κ1) is 7.72. The molecule has 0 aliphatic heterocycles. The molecule has 0 aromatic carbocycles. The SMILES string of the molecule is Cn1nccc1-c1ncc[nH]c1=O. The Kier molecular flexibility index (Phi) is 1.70. The Balaban J connectivity index is 2.66. The quantitative estimate of drug-likeness (QED) is 0.673. The lowest BCUT2D eigenvalue weighted by molar-refractivity contribution is 0.771. The van der Waals surface area contributed by atoms with Crippen LogP contribution in [-0.4, -0.2) is 19.7 Å². The van der Waals surface area contributed by atoms with Crippen molar-refractivity contribution in [3.05, 3.63) is 35.0 Å². The smallest absolute Gasteiger partial charge is 0.276 e. The van der Waals surface area contributed by atoms with Crippen LogP contribution in [0.15, 0.2) is 29.5 Å². The first-order chi connectivity index (χ1) is 6.29. The maximum atomic E-state index is 11.3. The number of rotatable bonds is 1. The number of aromatic amines is 1. The van der Waals surface area contributed by atoms with Crippen LogP contribution in [0.4, 0.5) is 0 Å². The standard InChI is InChI=1S/C8H8N4O/c1-12-6(2-3-11-12)7-8(13)10-5-4-9-7/h2-5H,1H3,(H,10,13). The predicted octanol–water partition coefficient (Wildman–Crippen LogP) is 0.170. The molecule has 66 valence electrons. The van der Waals surface area contributed by atoms with Crippen LogP contribution in [0.5, 0.6) is 0 Å². The van der Waals surface area contributed by atoms with E-state index in [0.29, 0.717) is 11.4 Å². The molecule has 2 aromatic heterocycles. The van der Waals surface area contributed by atoms with Crippen molar-refractivity contribution in [2.24, 2.45) is 7.05 Å². The zero-order valence-corrected chi connectivity index (χ0v) is 7.06. The third-order valence-corrected chi connectivity index (χ3v) is 1.77. The lowest BCUT2D eigenvalue weighted by Crippen LogP contribution is -2.11. The van der Waals surface area contributed by atoms with Crippen LogP contribution in [0.1, 0.15) is 0 Å². The van der Waals surface area contributed by atoms with E-state index >= 15 is 0 Å². The zero-order valence-electron chi connectivity index (χ0n) is 7.06. The Labute approximate surface area is 74.1 Å². The van der Waals surface area contributed by atoms with E-state index in [-0.39, 0.29) is 5.56 Å². The fourth-order valence-corrected chi connectivity index (χ4v) is 1.14. The maximum Gasteiger partial charge on any atom is 0.276 e. The number of H-pyrrole nitrogens is 1. The van der Waals surface area contributed by atoms with Gasteiger partial charge in [0.2, 0.25) is 0 Å². The Morgan fingerprint density at radius 2 is 2.31 bits per heavy atom. The molecule has 5 nitrogen and oxygen atoms in total. The van der Waals surface area contributed by atoms with Crippen LogP contribution in [0.3, 0.4) is 0 Å². The van der Waals surface area contributed by atoms with Gasteiger partial charge in [-0.3, -0.25) is 9.48 Å². The fraction of sp³-hybridized carbons (Fsp3) is 0.125. The summed E-state index contributed by atoms with van der Waals surface area (Å²) in [7, 11) is 1.77. The van der Waals surface area contributed by atoms with E-state index in [1.54, 1.807) is 30.2 Å². The van der Waals surface area contributed by atoms with Crippen LogP contribution < -0.4 is 5.56 Å². The van der Waals surface area contributed by atoms with Crippen LogP contribution in [0, 0.1) is 0 Å². The first-order valence-electron chi connectivity index (χ1n) is 3.81. The minimum absolute atomic E-state index is 0.203. The van der Waals surface area contributed by atoms with Gasteiger partial charge in [-0.2, -0.15) is 5.10 Å². The van der Waals surface area contributed by atoms with Gasteiger partial charge < -0.3 is 4.98 Å². The lowest BCUT2D eigenvalue weighted by atomic mass is 10.3. The number of nitrogens with one attached hydrogen (secondary N) is 1. The second kappa shape index (κ2) is 2.85. The lowest BCUT2D eigenvalue weighted by Gasteiger charge is -1.97. The summed E-state index contributed by atoms with van der Waals surface area (Å²) >= 11 is 0. The van der Waals surface area contributed by atoms with Crippen LogP contribution in [0.25, 0.3) is 11.4 Å². The van der Waals surface area contributed by atoms with Gasteiger partial charge in [0.25, 0.3) is 5.56 Å². The molecule has 0 aliphatic rings. The summed E-state index contributed by atoms with van der Waals surface area (Å²) in [6.07, 6.45) is 4.68. The summed E-state index contributed by atoms with van der Waals surface area (Å²) in [6.45, 7) is 0. The average molecular weight is 176 g/mol. The van der Waals surface area contributed by atoms with E-state index in [1.807, 2.05) is 0 Å². The normalized spacial score (nSPS) is 10.2. The Morgan fingerprint density at radius 1 is 1.46 bits per heavy atom. The van der Waals surface area contributed by atoms with Gasteiger partial charge in [0, 0.05) is 25.6 Å². The number of aryl methyl sites for hydroxylation is 1. The molecule has 0 atom stereocenters. The van der Waals surface area contributed by atoms with Crippen molar-refractivity contribution >= 4 is 0 Å². The second-order valence-corrected chi connectivity index (χ2v) is 2.61. The summed E-state index contributed by atoms with van der Waals surface area (Å²) in [6, 6.07) is 1.75. The van der Waals surface area contributed by atoms with Gasteiger partial charge in [0.1, 0.15) is 0 Å². The summed E-state index contributed by atoms with van der Waals surface area (Å²) in [5.74, 6) is 0. The molecule has 2 aromatic rings. The molecule has 2 heterocycles. The highest BCUT2D eigenvalue weighted by Crippen LogP contribution is 2.08. The van der Waals surface area contributed by atoms with Crippen molar-refractivity contribution in [1.29, 1.82) is 0 Å². The van der Waals surface area contributed by atoms with E-state index in [4.69, 9.17) is 0 Å². The minimum Gasteiger partial charge on any atom is -0.326 e. The highest BCUT2D eigenvalue weighted by Gasteiger charge is 2.06. The van der Waals surface area contributed by atoms with Gasteiger partial charge >= 0.3 is 0 Å². The maximum absolute atomic E-state index is 11.3. The highest BCUT2D eigenvalue weighted by molar-refractivity contribution is 5.51. The van der Waals surface area contributed by atoms with Gasteiger partial charge in [0.15, 0.2) is 5.69 Å². The molecule has 1 N–H and O–H groups in total. The summed E-state index contributed by atoms with van der Waals surface area (Å²) in [4.78, 5) is 17.8. The Hall–Kier alpha value is -1.91. The van der Waals surface area contributed by atoms with E-state index in [2.05, 4.69) is 15.1 Å². The molecule has 0 aliphatic carbocycles. The summed E-state index contributed by atoms with van der Waals surface area (Å²) in [5.41, 5.74) is 0.899. The molecular weight excluding hydrogens is 168 g/mol. The van der Waals surface area contributed by atoms with Crippen LogP contribution in [0.2, 0.25) is 0 Å². The minimum atomic E-state index is -0.203. The van der Waals surface area contributed by atoms with Gasteiger partial charge in [-0.15, -0.1) is 0 Å². The van der Waals surface area contributed by atoms with Crippen molar-refractivity contribution in [1.82, 2.24) is 19.7 Å². The molecule has 2 rings (SSSR count). The molecule has 13 heavy (non-hydrogen) atoms. The second-order valence-electron chi connectivity index (χ2n) is 2.61. The van der Waals surface area contributed by atoms with Crippen molar-refractivity contribution in [2.45, 2.75) is 0 Å². The Morgan fingerprint density at radius 3 is 2.92 bits per heavy atom. The number of hydrogen-bond donors (Lipinski definition) is 1. The molecule has 0 amide bonds. The highest BCUT2D eigenvalue weighted by atomic mass is 16.1. The molecule has 0 saturated heterocycles. The third-order valence-electron chi connectivity index (χ3n) is 1.77. The first-order valence-corrected chi connectivity index (χ1v) is 3.81. The largest absolute Gasteiger partial charge is 0.326 e. The Bertz CT molecular complexity index is 471. The molecule has 5 heteroatoms. The van der Waals surface area contributed by atoms with E-state index in [1.165, 1.54) is 6.20 Å². The van der Waals surface area contributed by atoms with Gasteiger partial charge in [0.05, 0.1) is 5.69 Å². The van der Waals surface area contributed by atoms with E-state index in [9.17, 15) is 4.79 Å². The van der Waals surface area contributed by atoms with Gasteiger partial charge in [-0.25, -0.2) is 4.98 Å². The third kappa shape index (κ3) is 1.24. The van der Waals surface area contributed by atoms with Gasteiger partial charge in [-0.1, -0.05) is 0 Å². The van der Waals surface area contributed by atoms with Crippen molar-refractivity contribution < 1.29 is 0 Å².